The van der Waals surface area contributed by atoms with Crippen molar-refractivity contribution >= 4 is 87.4 Å². The zero-order valence-corrected chi connectivity index (χ0v) is 31.3. The molecule has 4 heteroatoms. The molecule has 0 aliphatic heterocycles. The maximum Gasteiger partial charge on any atom is 0.145 e. The first-order chi connectivity index (χ1) is 28.8. The van der Waals surface area contributed by atoms with Gasteiger partial charge in [-0.1, -0.05) is 109 Å². The van der Waals surface area contributed by atoms with Crippen molar-refractivity contribution in [3.8, 4) is 28.2 Å². The van der Waals surface area contributed by atoms with Gasteiger partial charge >= 0.3 is 0 Å². The number of hydrogen-bond acceptors (Lipinski definition) is 1. The molecule has 9 aromatic carbocycles. The Kier molecular flexibility index (Phi) is 6.41. The molecule has 0 unspecified atom stereocenters. The fourth-order valence-corrected chi connectivity index (χ4v) is 9.76. The van der Waals surface area contributed by atoms with Gasteiger partial charge in [0.15, 0.2) is 0 Å². The summed E-state index contributed by atoms with van der Waals surface area (Å²) < 4.78 is 14.0. The molecule has 0 saturated carbocycles. The van der Waals surface area contributed by atoms with Crippen LogP contribution in [0.15, 0.2) is 205 Å². The van der Waals surface area contributed by atoms with Crippen molar-refractivity contribution in [2.75, 3.05) is 0 Å². The van der Waals surface area contributed by atoms with Crippen LogP contribution < -0.4 is 0 Å². The maximum atomic E-state index is 6.71. The molecular formula is C54H33N3O. The predicted molar refractivity (Wildman–Crippen MR) is 242 cm³/mol. The number of benzene rings is 9. The van der Waals surface area contributed by atoms with E-state index >= 15 is 0 Å². The third-order valence-electron chi connectivity index (χ3n) is 12.2. The molecule has 0 bridgehead atoms. The van der Waals surface area contributed by atoms with Gasteiger partial charge in [0.1, 0.15) is 11.2 Å². The van der Waals surface area contributed by atoms with Gasteiger partial charge in [-0.25, -0.2) is 0 Å². The lowest BCUT2D eigenvalue weighted by molar-refractivity contribution is 0.673. The Balaban J connectivity index is 1.14. The second-order valence-corrected chi connectivity index (χ2v) is 15.3. The molecule has 0 fully saturated rings. The molecule has 4 nitrogen and oxygen atoms in total. The number of furan rings is 1. The Labute approximate surface area is 332 Å². The van der Waals surface area contributed by atoms with Crippen LogP contribution in [0.4, 0.5) is 0 Å². The molecule has 13 rings (SSSR count). The van der Waals surface area contributed by atoms with E-state index in [0.717, 1.165) is 61.0 Å². The fourth-order valence-electron chi connectivity index (χ4n) is 9.76. The van der Waals surface area contributed by atoms with E-state index in [1.165, 1.54) is 54.6 Å². The fraction of sp³-hybridized carbons (Fsp3) is 0. The highest BCUT2D eigenvalue weighted by Gasteiger charge is 2.23. The number of rotatable bonds is 4. The van der Waals surface area contributed by atoms with Crippen LogP contribution in [0.2, 0.25) is 0 Å². The minimum Gasteiger partial charge on any atom is -0.455 e. The van der Waals surface area contributed by atoms with Crippen LogP contribution in [0.25, 0.3) is 116 Å². The Hall–Kier alpha value is -7.82. The summed E-state index contributed by atoms with van der Waals surface area (Å²) in [5, 5.41) is 9.51. The van der Waals surface area contributed by atoms with E-state index < -0.39 is 0 Å². The van der Waals surface area contributed by atoms with Gasteiger partial charge in [-0.15, -0.1) is 0 Å². The normalized spacial score (nSPS) is 12.1. The van der Waals surface area contributed by atoms with Gasteiger partial charge in [-0.05, 0) is 102 Å². The highest BCUT2D eigenvalue weighted by molar-refractivity contribution is 6.27. The van der Waals surface area contributed by atoms with E-state index in [-0.39, 0.29) is 0 Å². The standard InChI is InChI=1S/C54H33N3O/c1-4-14-36(15-5-1)55-46-28-24-34(32-43(46)51-48(55)30-26-41-39-20-10-12-22-45(39)57(53(41)51)38-18-8-3-9-19-38)35-25-29-47-44(33-35)52-49(56(47)37-16-6-2-7-17-37)31-27-42-40-21-11-13-23-50(40)58-54(42)52/h1-33H. The van der Waals surface area contributed by atoms with Crippen LogP contribution in [-0.2, 0) is 0 Å². The lowest BCUT2D eigenvalue weighted by Crippen LogP contribution is -1.95. The second-order valence-electron chi connectivity index (χ2n) is 15.3. The summed E-state index contributed by atoms with van der Waals surface area (Å²) in [6.45, 7) is 0. The number of hydrogen-bond donors (Lipinski definition) is 0. The van der Waals surface area contributed by atoms with Crippen LogP contribution in [0.1, 0.15) is 0 Å². The molecule has 13 aromatic rings. The highest BCUT2D eigenvalue weighted by Crippen LogP contribution is 2.45. The molecule has 4 heterocycles. The van der Waals surface area contributed by atoms with Crippen LogP contribution >= 0.6 is 0 Å². The van der Waals surface area contributed by atoms with Gasteiger partial charge < -0.3 is 18.1 Å². The van der Waals surface area contributed by atoms with Crippen LogP contribution in [-0.4, -0.2) is 13.7 Å². The number of aromatic nitrogens is 3. The van der Waals surface area contributed by atoms with Crippen LogP contribution in [0, 0.1) is 0 Å². The highest BCUT2D eigenvalue weighted by atomic mass is 16.3. The molecule has 58 heavy (non-hydrogen) atoms. The van der Waals surface area contributed by atoms with Crippen molar-refractivity contribution in [3.63, 3.8) is 0 Å². The van der Waals surface area contributed by atoms with E-state index in [2.05, 4.69) is 208 Å². The maximum absolute atomic E-state index is 6.71. The van der Waals surface area contributed by atoms with Gasteiger partial charge in [0.25, 0.3) is 0 Å². The van der Waals surface area contributed by atoms with Crippen molar-refractivity contribution in [1.29, 1.82) is 0 Å². The molecule has 0 aliphatic carbocycles. The van der Waals surface area contributed by atoms with E-state index in [4.69, 9.17) is 4.42 Å². The number of fused-ring (bicyclic) bond motifs is 14. The lowest BCUT2D eigenvalue weighted by Gasteiger charge is -2.09. The van der Waals surface area contributed by atoms with Gasteiger partial charge in [0, 0.05) is 54.8 Å². The van der Waals surface area contributed by atoms with Gasteiger partial charge in [-0.2, -0.15) is 0 Å². The van der Waals surface area contributed by atoms with Crippen molar-refractivity contribution in [2.24, 2.45) is 0 Å². The SMILES string of the molecule is c1ccc(-n2c3ccc(-c4ccc5c(c4)c4c(ccc6c7ccccc7n(-c7ccccc7)c64)n5-c4ccccc4)cc3c3c4oc5ccccc5c4ccc32)cc1. The molecule has 4 aromatic heterocycles. The van der Waals surface area contributed by atoms with Gasteiger partial charge in [0.05, 0.1) is 38.5 Å². The van der Waals surface area contributed by atoms with E-state index in [0.29, 0.717) is 0 Å². The molecule has 0 amide bonds. The van der Waals surface area contributed by atoms with Crippen molar-refractivity contribution in [3.05, 3.63) is 200 Å². The van der Waals surface area contributed by atoms with Crippen molar-refractivity contribution < 1.29 is 4.42 Å². The molecular weight excluding hydrogens is 707 g/mol. The summed E-state index contributed by atoms with van der Waals surface area (Å²) in [5.74, 6) is 0. The van der Waals surface area contributed by atoms with E-state index in [1.54, 1.807) is 0 Å². The number of nitrogens with zero attached hydrogens (tertiary/aromatic N) is 3. The summed E-state index contributed by atoms with van der Waals surface area (Å²) >= 11 is 0. The number of para-hydroxylation sites is 5. The Morgan fingerprint density at radius 3 is 1.40 bits per heavy atom. The molecule has 0 radical (unpaired) electrons. The van der Waals surface area contributed by atoms with Gasteiger partial charge in [-0.3, -0.25) is 0 Å². The molecule has 0 saturated heterocycles. The first kappa shape index (κ1) is 31.4. The Morgan fingerprint density at radius 2 is 0.759 bits per heavy atom. The van der Waals surface area contributed by atoms with Crippen molar-refractivity contribution in [1.82, 2.24) is 13.7 Å². The van der Waals surface area contributed by atoms with Crippen molar-refractivity contribution in [2.45, 2.75) is 0 Å². The monoisotopic (exact) mass is 739 g/mol. The first-order valence-corrected chi connectivity index (χ1v) is 19.9. The molecule has 0 spiro atoms. The molecule has 0 atom stereocenters. The second kappa shape index (κ2) is 11.8. The van der Waals surface area contributed by atoms with Gasteiger partial charge in [0.2, 0.25) is 0 Å². The average Bonchev–Trinajstić information content (AvgIpc) is 4.03. The smallest absolute Gasteiger partial charge is 0.145 e. The third-order valence-corrected chi connectivity index (χ3v) is 12.2. The summed E-state index contributed by atoms with van der Waals surface area (Å²) in [4.78, 5) is 0. The largest absolute Gasteiger partial charge is 0.455 e. The zero-order chi connectivity index (χ0) is 37.9. The quantitative estimate of drug-likeness (QED) is 0.177. The molecule has 0 aliphatic rings. The molecule has 270 valence electrons. The van der Waals surface area contributed by atoms with Crippen LogP contribution in [0.3, 0.4) is 0 Å². The topological polar surface area (TPSA) is 27.9 Å². The first-order valence-electron chi connectivity index (χ1n) is 19.9. The minimum atomic E-state index is 0.904. The summed E-state index contributed by atoms with van der Waals surface area (Å²) in [6, 6.07) is 72.4. The summed E-state index contributed by atoms with van der Waals surface area (Å²) in [5.41, 5.74) is 14.6. The van der Waals surface area contributed by atoms with Crippen LogP contribution in [0.5, 0.6) is 0 Å². The molecule has 0 N–H and O–H groups in total. The summed E-state index contributed by atoms with van der Waals surface area (Å²) in [7, 11) is 0. The summed E-state index contributed by atoms with van der Waals surface area (Å²) in [6.07, 6.45) is 0. The van der Waals surface area contributed by atoms with E-state index in [9.17, 15) is 0 Å². The predicted octanol–water partition coefficient (Wildman–Crippen LogP) is 14.5. The Bertz CT molecular complexity index is 3770. The van der Waals surface area contributed by atoms with E-state index in [1.807, 2.05) is 6.07 Å². The third kappa shape index (κ3) is 4.29. The lowest BCUT2D eigenvalue weighted by atomic mass is 9.99. The minimum absolute atomic E-state index is 0.904. The average molecular weight is 740 g/mol. The Morgan fingerprint density at radius 1 is 0.293 bits per heavy atom. The zero-order valence-electron chi connectivity index (χ0n) is 31.3.